The molecule has 1 amide bonds. The molecule has 0 radical (unpaired) electrons. The summed E-state index contributed by atoms with van der Waals surface area (Å²) in [5, 5.41) is 2.98. The first-order valence-corrected chi connectivity index (χ1v) is 11.5. The molecule has 176 valence electrons. The van der Waals surface area contributed by atoms with Gasteiger partial charge < -0.3 is 15.0 Å². The van der Waals surface area contributed by atoms with Crippen molar-refractivity contribution in [2.45, 2.75) is 38.5 Å². The number of para-hydroxylation sites is 1. The van der Waals surface area contributed by atoms with Crippen LogP contribution in [0.4, 0.5) is 20.2 Å². The van der Waals surface area contributed by atoms with Crippen molar-refractivity contribution in [3.8, 4) is 16.9 Å². The summed E-state index contributed by atoms with van der Waals surface area (Å²) in [6, 6.07) is 11.4. The Kier molecular flexibility index (Phi) is 5.67. The number of hydrogen-bond acceptors (Lipinski definition) is 5. The van der Waals surface area contributed by atoms with Crippen LogP contribution in [0.1, 0.15) is 47.9 Å². The van der Waals surface area contributed by atoms with E-state index in [0.29, 0.717) is 29.4 Å². The van der Waals surface area contributed by atoms with Crippen molar-refractivity contribution in [1.29, 1.82) is 0 Å². The molecule has 3 heterocycles. The minimum atomic E-state index is -2.76. The third-order valence-electron chi connectivity index (χ3n) is 6.24. The Morgan fingerprint density at radius 1 is 1.18 bits per heavy atom. The van der Waals surface area contributed by atoms with Gasteiger partial charge in [-0.15, -0.1) is 0 Å². The molecule has 2 aromatic carbocycles. The second-order valence-electron chi connectivity index (χ2n) is 9.09. The Labute approximate surface area is 197 Å². The average molecular weight is 465 g/mol. The number of halogens is 2. The van der Waals surface area contributed by atoms with Gasteiger partial charge in [0.15, 0.2) is 0 Å². The van der Waals surface area contributed by atoms with Crippen molar-refractivity contribution in [2.75, 3.05) is 29.9 Å². The van der Waals surface area contributed by atoms with E-state index in [-0.39, 0.29) is 31.3 Å². The van der Waals surface area contributed by atoms with Crippen LogP contribution in [-0.2, 0) is 6.42 Å². The summed E-state index contributed by atoms with van der Waals surface area (Å²) < 4.78 is 33.7. The van der Waals surface area contributed by atoms with Crippen LogP contribution in [0.15, 0.2) is 48.8 Å². The minimum Gasteiger partial charge on any atom is -0.493 e. The molecule has 1 N–H and O–H groups in total. The highest BCUT2D eigenvalue weighted by atomic mass is 19.3. The summed E-state index contributed by atoms with van der Waals surface area (Å²) in [6.45, 7) is 4.42. The second kappa shape index (κ2) is 8.66. The first-order chi connectivity index (χ1) is 16.3. The maximum absolute atomic E-state index is 14.1. The summed E-state index contributed by atoms with van der Waals surface area (Å²) in [7, 11) is 0. The van der Waals surface area contributed by atoms with Crippen LogP contribution >= 0.6 is 0 Å². The highest BCUT2D eigenvalue weighted by Crippen LogP contribution is 2.41. The van der Waals surface area contributed by atoms with Gasteiger partial charge in [0.25, 0.3) is 11.8 Å². The van der Waals surface area contributed by atoms with E-state index in [1.54, 1.807) is 11.0 Å². The smallest absolute Gasteiger partial charge is 0.266 e. The summed E-state index contributed by atoms with van der Waals surface area (Å²) in [5.74, 6) is -1.50. The lowest BCUT2D eigenvalue weighted by Crippen LogP contribution is -2.26. The fourth-order valence-electron chi connectivity index (χ4n) is 4.41. The lowest BCUT2D eigenvalue weighted by Gasteiger charge is -2.24. The Bertz CT molecular complexity index is 1230. The zero-order chi connectivity index (χ0) is 23.9. The topological polar surface area (TPSA) is 67.3 Å². The number of benzene rings is 2. The molecule has 1 fully saturated rings. The molecule has 1 aromatic heterocycles. The Morgan fingerprint density at radius 3 is 2.68 bits per heavy atom. The summed E-state index contributed by atoms with van der Waals surface area (Å²) in [6.07, 6.45) is 3.58. The van der Waals surface area contributed by atoms with Gasteiger partial charge in [-0.3, -0.25) is 4.79 Å². The van der Waals surface area contributed by atoms with E-state index in [1.807, 2.05) is 44.2 Å². The fourth-order valence-corrected chi connectivity index (χ4v) is 4.41. The number of hydrogen-bond donors (Lipinski definition) is 1. The van der Waals surface area contributed by atoms with Crippen LogP contribution in [0.3, 0.4) is 0 Å². The predicted molar refractivity (Wildman–Crippen MR) is 127 cm³/mol. The molecule has 2 aliphatic heterocycles. The summed E-state index contributed by atoms with van der Waals surface area (Å²) in [4.78, 5) is 23.4. The number of nitrogens with one attached hydrogen (secondary N) is 1. The molecule has 0 spiro atoms. The standard InChI is InChI=1S/C26H26F2N4O2/c1-16(2)24-29-13-19(14-30-24)25(33)31-23-20(17-6-7-22-18(12-17)8-11-34-22)4-3-5-21(23)32-10-9-26(27,28)15-32/h3-7,12-14,16H,8-11,15H2,1-2H3,(H,31,33). The van der Waals surface area contributed by atoms with Gasteiger partial charge >= 0.3 is 0 Å². The van der Waals surface area contributed by atoms with E-state index in [1.165, 1.54) is 12.4 Å². The molecule has 6 nitrogen and oxygen atoms in total. The van der Waals surface area contributed by atoms with Crippen LogP contribution in [0.5, 0.6) is 5.75 Å². The van der Waals surface area contributed by atoms with Crippen LogP contribution in [-0.4, -0.2) is 41.5 Å². The number of carbonyl (C=O) groups excluding carboxylic acids is 1. The number of aromatic nitrogens is 2. The molecular weight excluding hydrogens is 438 g/mol. The van der Waals surface area contributed by atoms with Crippen LogP contribution in [0, 0.1) is 0 Å². The minimum absolute atomic E-state index is 0.144. The fraction of sp³-hybridized carbons (Fsp3) is 0.346. The summed E-state index contributed by atoms with van der Waals surface area (Å²) in [5.41, 5.74) is 4.11. The molecule has 0 aliphatic carbocycles. The number of nitrogens with zero attached hydrogens (tertiary/aromatic N) is 3. The molecule has 2 aliphatic rings. The van der Waals surface area contributed by atoms with Gasteiger partial charge in [-0.05, 0) is 29.3 Å². The van der Waals surface area contributed by atoms with Gasteiger partial charge in [0.2, 0.25) is 0 Å². The number of carbonyl (C=O) groups is 1. The molecule has 1 saturated heterocycles. The lowest BCUT2D eigenvalue weighted by atomic mass is 9.99. The first kappa shape index (κ1) is 22.3. The largest absolute Gasteiger partial charge is 0.493 e. The van der Waals surface area contributed by atoms with Crippen LogP contribution < -0.4 is 15.0 Å². The van der Waals surface area contributed by atoms with Crippen molar-refractivity contribution in [3.63, 3.8) is 0 Å². The van der Waals surface area contributed by atoms with E-state index < -0.39 is 5.92 Å². The molecule has 0 bridgehead atoms. The second-order valence-corrected chi connectivity index (χ2v) is 9.09. The summed E-state index contributed by atoms with van der Waals surface area (Å²) >= 11 is 0. The SMILES string of the molecule is CC(C)c1ncc(C(=O)Nc2c(-c3ccc4c(c3)CCO4)cccc2N2CCC(F)(F)C2)cn1. The normalized spacial score (nSPS) is 16.4. The van der Waals surface area contributed by atoms with Crippen molar-refractivity contribution >= 4 is 17.3 Å². The average Bonchev–Trinajstić information content (AvgIpc) is 3.44. The van der Waals surface area contributed by atoms with Gasteiger partial charge in [0.05, 0.1) is 30.1 Å². The molecule has 3 aromatic rings. The van der Waals surface area contributed by atoms with E-state index >= 15 is 0 Å². The van der Waals surface area contributed by atoms with Gasteiger partial charge in [-0.25, -0.2) is 18.7 Å². The number of amides is 1. The van der Waals surface area contributed by atoms with E-state index in [0.717, 1.165) is 28.9 Å². The van der Waals surface area contributed by atoms with Crippen molar-refractivity contribution in [3.05, 3.63) is 65.7 Å². The Balaban J connectivity index is 1.54. The van der Waals surface area contributed by atoms with Crippen LogP contribution in [0.25, 0.3) is 11.1 Å². The number of fused-ring (bicyclic) bond motifs is 1. The van der Waals surface area contributed by atoms with Gasteiger partial charge in [0, 0.05) is 43.3 Å². The molecule has 0 unspecified atom stereocenters. The van der Waals surface area contributed by atoms with E-state index in [9.17, 15) is 13.6 Å². The Hall–Kier alpha value is -3.55. The number of ether oxygens (including phenoxy) is 1. The highest BCUT2D eigenvalue weighted by molar-refractivity contribution is 6.08. The van der Waals surface area contributed by atoms with Crippen molar-refractivity contribution in [1.82, 2.24) is 9.97 Å². The van der Waals surface area contributed by atoms with Gasteiger partial charge in [-0.2, -0.15) is 0 Å². The quantitative estimate of drug-likeness (QED) is 0.555. The Morgan fingerprint density at radius 2 is 1.97 bits per heavy atom. The van der Waals surface area contributed by atoms with E-state index in [2.05, 4.69) is 15.3 Å². The number of rotatable bonds is 5. The third kappa shape index (κ3) is 4.32. The highest BCUT2D eigenvalue weighted by Gasteiger charge is 2.39. The van der Waals surface area contributed by atoms with Gasteiger partial charge in [-0.1, -0.05) is 32.0 Å². The molecule has 0 saturated carbocycles. The molecule has 5 rings (SSSR count). The van der Waals surface area contributed by atoms with E-state index in [4.69, 9.17) is 4.74 Å². The van der Waals surface area contributed by atoms with Crippen molar-refractivity contribution < 1.29 is 18.3 Å². The predicted octanol–water partition coefficient (Wildman–Crippen LogP) is 5.30. The maximum Gasteiger partial charge on any atom is 0.266 e. The molecular formula is C26H26F2N4O2. The zero-order valence-corrected chi connectivity index (χ0v) is 19.1. The zero-order valence-electron chi connectivity index (χ0n) is 19.1. The monoisotopic (exact) mass is 464 g/mol. The number of anilines is 2. The first-order valence-electron chi connectivity index (χ1n) is 11.5. The third-order valence-corrected chi connectivity index (χ3v) is 6.24. The molecule has 8 heteroatoms. The maximum atomic E-state index is 14.1. The van der Waals surface area contributed by atoms with Crippen molar-refractivity contribution in [2.24, 2.45) is 0 Å². The molecule has 34 heavy (non-hydrogen) atoms. The van der Waals surface area contributed by atoms with Crippen LogP contribution in [0.2, 0.25) is 0 Å². The molecule has 0 atom stereocenters. The van der Waals surface area contributed by atoms with Gasteiger partial charge in [0.1, 0.15) is 11.6 Å². The number of alkyl halides is 2. The lowest BCUT2D eigenvalue weighted by molar-refractivity contribution is 0.0257.